The molecule has 2 aromatic rings. The zero-order valence-corrected chi connectivity index (χ0v) is 11.5. The van der Waals surface area contributed by atoms with E-state index < -0.39 is 0 Å². The van der Waals surface area contributed by atoms with E-state index in [2.05, 4.69) is 0 Å². The average Bonchev–Trinajstić information content (AvgIpc) is 2.47. The smallest absolute Gasteiger partial charge is 0.308 e. The highest BCUT2D eigenvalue weighted by Crippen LogP contribution is 2.35. The number of Topliss-reactive ketones (excluding diaryl/α,β-unsaturated/α-hetero) is 1. The van der Waals surface area contributed by atoms with Crippen LogP contribution in [0.2, 0.25) is 0 Å². The number of fused-ring (bicyclic) bond motifs is 1. The van der Waals surface area contributed by atoms with Crippen LogP contribution in [0.15, 0.2) is 48.5 Å². The summed E-state index contributed by atoms with van der Waals surface area (Å²) in [6.07, 6.45) is -0.0801. The van der Waals surface area contributed by atoms with Gasteiger partial charge in [0.25, 0.3) is 0 Å². The quantitative estimate of drug-likeness (QED) is 0.626. The van der Waals surface area contributed by atoms with Crippen LogP contribution in [0.5, 0.6) is 11.5 Å². The molecule has 0 aliphatic carbocycles. The molecule has 1 unspecified atom stereocenters. The van der Waals surface area contributed by atoms with Crippen LogP contribution >= 0.6 is 0 Å². The molecule has 21 heavy (non-hydrogen) atoms. The third-order valence-corrected chi connectivity index (χ3v) is 3.32. The minimum Gasteiger partial charge on any atom is -0.484 e. The highest BCUT2D eigenvalue weighted by atomic mass is 16.5. The van der Waals surface area contributed by atoms with Crippen molar-refractivity contribution in [2.45, 2.75) is 19.4 Å². The van der Waals surface area contributed by atoms with Crippen molar-refractivity contribution in [2.75, 3.05) is 0 Å². The molecule has 1 aliphatic heterocycles. The second-order valence-corrected chi connectivity index (χ2v) is 4.90. The molecule has 0 radical (unpaired) electrons. The maximum Gasteiger partial charge on any atom is 0.308 e. The van der Waals surface area contributed by atoms with Gasteiger partial charge in [0.05, 0.1) is 12.0 Å². The van der Waals surface area contributed by atoms with E-state index in [-0.39, 0.29) is 24.3 Å². The van der Waals surface area contributed by atoms with Crippen molar-refractivity contribution in [3.63, 3.8) is 0 Å². The van der Waals surface area contributed by atoms with Crippen LogP contribution in [-0.4, -0.2) is 11.8 Å². The van der Waals surface area contributed by atoms with Gasteiger partial charge >= 0.3 is 5.97 Å². The number of ketones is 1. The first-order valence-electron chi connectivity index (χ1n) is 6.71. The number of ether oxygens (including phenoxy) is 2. The van der Waals surface area contributed by atoms with Gasteiger partial charge in [-0.05, 0) is 29.8 Å². The van der Waals surface area contributed by atoms with Crippen LogP contribution in [0.3, 0.4) is 0 Å². The van der Waals surface area contributed by atoms with Gasteiger partial charge in [0.15, 0.2) is 5.78 Å². The Bertz CT molecular complexity index is 705. The van der Waals surface area contributed by atoms with Crippen LogP contribution in [0, 0.1) is 0 Å². The largest absolute Gasteiger partial charge is 0.484 e. The minimum absolute atomic E-state index is 0.0553. The highest BCUT2D eigenvalue weighted by molar-refractivity contribution is 5.99. The zero-order valence-electron chi connectivity index (χ0n) is 11.5. The molecule has 0 aromatic heterocycles. The Balaban J connectivity index is 1.89. The lowest BCUT2D eigenvalue weighted by atomic mass is 9.96. The Morgan fingerprint density at radius 1 is 1.19 bits per heavy atom. The van der Waals surface area contributed by atoms with E-state index in [9.17, 15) is 9.59 Å². The van der Waals surface area contributed by atoms with Crippen LogP contribution in [0.25, 0.3) is 0 Å². The fourth-order valence-corrected chi connectivity index (χ4v) is 2.40. The fraction of sp³-hybridized carbons (Fsp3) is 0.176. The summed E-state index contributed by atoms with van der Waals surface area (Å²) in [5.74, 6) is 0.726. The van der Waals surface area contributed by atoms with Crippen molar-refractivity contribution < 1.29 is 19.1 Å². The van der Waals surface area contributed by atoms with E-state index in [4.69, 9.17) is 9.47 Å². The molecule has 0 saturated carbocycles. The minimum atomic E-state index is -0.377. The summed E-state index contributed by atoms with van der Waals surface area (Å²) in [5, 5.41) is 0. The maximum atomic E-state index is 12.2. The number of esters is 1. The summed E-state index contributed by atoms with van der Waals surface area (Å²) >= 11 is 0. The molecule has 0 fully saturated rings. The number of rotatable bonds is 2. The van der Waals surface area contributed by atoms with Crippen molar-refractivity contribution in [3.8, 4) is 11.5 Å². The standard InChI is InChI=1S/C17H14O4/c1-11(18)20-13-6-4-5-12(9-13)17-10-15(19)14-7-2-3-8-16(14)21-17/h2-9,17H,10H2,1H3. The van der Waals surface area contributed by atoms with E-state index in [0.717, 1.165) is 5.56 Å². The SMILES string of the molecule is CC(=O)Oc1cccc(C2CC(=O)c3ccccc3O2)c1. The van der Waals surface area contributed by atoms with E-state index in [1.54, 1.807) is 30.3 Å². The van der Waals surface area contributed by atoms with Crippen molar-refractivity contribution in [1.82, 2.24) is 0 Å². The molecule has 106 valence electrons. The topological polar surface area (TPSA) is 52.6 Å². The Morgan fingerprint density at radius 3 is 2.81 bits per heavy atom. The first-order chi connectivity index (χ1) is 10.1. The Morgan fingerprint density at radius 2 is 2.00 bits per heavy atom. The van der Waals surface area contributed by atoms with Crippen molar-refractivity contribution >= 4 is 11.8 Å². The Kier molecular flexibility index (Phi) is 3.44. The van der Waals surface area contributed by atoms with Gasteiger partial charge in [-0.25, -0.2) is 0 Å². The molecule has 2 aromatic carbocycles. The summed E-state index contributed by atoms with van der Waals surface area (Å²) in [7, 11) is 0. The first kappa shape index (κ1) is 13.4. The van der Waals surface area contributed by atoms with Crippen LogP contribution in [0.4, 0.5) is 0 Å². The average molecular weight is 282 g/mol. The second kappa shape index (κ2) is 5.40. The van der Waals surface area contributed by atoms with Crippen molar-refractivity contribution in [1.29, 1.82) is 0 Å². The van der Waals surface area contributed by atoms with E-state index in [1.165, 1.54) is 6.92 Å². The summed E-state index contributed by atoms with van der Waals surface area (Å²) in [5.41, 5.74) is 1.43. The number of hydrogen-bond donors (Lipinski definition) is 0. The van der Waals surface area contributed by atoms with Crippen molar-refractivity contribution in [3.05, 3.63) is 59.7 Å². The van der Waals surface area contributed by atoms with Crippen LogP contribution < -0.4 is 9.47 Å². The van der Waals surface area contributed by atoms with E-state index in [0.29, 0.717) is 17.1 Å². The summed E-state index contributed by atoms with van der Waals surface area (Å²) in [4.78, 5) is 23.2. The number of carbonyl (C=O) groups is 2. The van der Waals surface area contributed by atoms with Gasteiger partial charge in [-0.1, -0.05) is 24.3 Å². The number of carbonyl (C=O) groups excluding carboxylic acids is 2. The van der Waals surface area contributed by atoms with Gasteiger partial charge in [0.2, 0.25) is 0 Å². The molecule has 0 amide bonds. The van der Waals surface area contributed by atoms with Crippen LogP contribution in [0.1, 0.15) is 35.4 Å². The molecule has 4 nitrogen and oxygen atoms in total. The predicted molar refractivity (Wildman–Crippen MR) is 76.5 cm³/mol. The molecule has 1 aliphatic rings. The first-order valence-corrected chi connectivity index (χ1v) is 6.71. The molecule has 0 bridgehead atoms. The van der Waals surface area contributed by atoms with Gasteiger partial charge in [0, 0.05) is 6.92 Å². The summed E-state index contributed by atoms with van der Waals surface area (Å²) in [6, 6.07) is 14.3. The zero-order chi connectivity index (χ0) is 14.8. The highest BCUT2D eigenvalue weighted by Gasteiger charge is 2.27. The summed E-state index contributed by atoms with van der Waals surface area (Å²) < 4.78 is 10.9. The predicted octanol–water partition coefficient (Wildman–Crippen LogP) is 3.32. The molecule has 0 spiro atoms. The normalized spacial score (nSPS) is 16.8. The number of hydrogen-bond acceptors (Lipinski definition) is 4. The molecule has 1 heterocycles. The lowest BCUT2D eigenvalue weighted by molar-refractivity contribution is -0.131. The third-order valence-electron chi connectivity index (χ3n) is 3.32. The van der Waals surface area contributed by atoms with Crippen LogP contribution in [-0.2, 0) is 4.79 Å². The molecular weight excluding hydrogens is 268 g/mol. The third kappa shape index (κ3) is 2.79. The maximum absolute atomic E-state index is 12.2. The van der Waals surface area contributed by atoms with E-state index in [1.807, 2.05) is 18.2 Å². The lowest BCUT2D eigenvalue weighted by Crippen LogP contribution is -2.20. The molecule has 0 N–H and O–H groups in total. The van der Waals surface area contributed by atoms with Gasteiger partial charge in [-0.2, -0.15) is 0 Å². The molecule has 4 heteroatoms. The molecule has 3 rings (SSSR count). The van der Waals surface area contributed by atoms with Gasteiger partial charge < -0.3 is 9.47 Å². The number of benzene rings is 2. The summed E-state index contributed by atoms with van der Waals surface area (Å²) in [6.45, 7) is 1.35. The molecule has 0 saturated heterocycles. The van der Waals surface area contributed by atoms with Gasteiger partial charge in [-0.15, -0.1) is 0 Å². The second-order valence-electron chi connectivity index (χ2n) is 4.90. The van der Waals surface area contributed by atoms with Gasteiger partial charge in [-0.3, -0.25) is 9.59 Å². The molecular formula is C17H14O4. The fourth-order valence-electron chi connectivity index (χ4n) is 2.40. The van der Waals surface area contributed by atoms with Gasteiger partial charge in [0.1, 0.15) is 17.6 Å². The number of para-hydroxylation sites is 1. The van der Waals surface area contributed by atoms with E-state index >= 15 is 0 Å². The monoisotopic (exact) mass is 282 g/mol. The molecule has 1 atom stereocenters. The Hall–Kier alpha value is -2.62. The lowest BCUT2D eigenvalue weighted by Gasteiger charge is -2.25. The Labute approximate surface area is 122 Å². The van der Waals surface area contributed by atoms with Crippen molar-refractivity contribution in [2.24, 2.45) is 0 Å².